The second-order valence-electron chi connectivity index (χ2n) is 6.18. The fraction of sp³-hybridized carbons (Fsp3) is 0.174. The minimum absolute atomic E-state index is 0.105. The van der Waals surface area contributed by atoms with E-state index < -0.39 is 5.54 Å². The van der Waals surface area contributed by atoms with Crippen LogP contribution >= 0.6 is 0 Å². The predicted molar refractivity (Wildman–Crippen MR) is 106 cm³/mol. The van der Waals surface area contributed by atoms with Crippen LogP contribution in [-0.2, 0) is 5.54 Å². The lowest BCUT2D eigenvalue weighted by molar-refractivity contribution is 0.0734. The van der Waals surface area contributed by atoms with Crippen molar-refractivity contribution in [3.8, 4) is 11.5 Å². The number of para-hydroxylation sites is 1. The van der Waals surface area contributed by atoms with Crippen molar-refractivity contribution in [1.82, 2.24) is 4.90 Å². The Morgan fingerprint density at radius 2 is 1.33 bits per heavy atom. The predicted octanol–water partition coefficient (Wildman–Crippen LogP) is 4.50. The molecule has 0 aliphatic carbocycles. The highest BCUT2D eigenvalue weighted by Crippen LogP contribution is 2.50. The number of carbonyl (C=O) groups excluding carboxylic acids is 1. The number of phenols is 2. The monoisotopic (exact) mass is 361 g/mol. The Kier molecular flexibility index (Phi) is 4.91. The molecule has 1 aliphatic rings. The van der Waals surface area contributed by atoms with Gasteiger partial charge in [-0.25, -0.2) is 0 Å². The van der Waals surface area contributed by atoms with Crippen molar-refractivity contribution >= 4 is 5.91 Å². The van der Waals surface area contributed by atoms with Crippen LogP contribution in [0.3, 0.4) is 0 Å². The Balaban J connectivity index is 0.00000102. The van der Waals surface area contributed by atoms with Gasteiger partial charge in [0.2, 0.25) is 0 Å². The average Bonchev–Trinajstić information content (AvgIpc) is 2.93. The van der Waals surface area contributed by atoms with Crippen molar-refractivity contribution in [3.05, 3.63) is 95.1 Å². The first-order chi connectivity index (χ1) is 13.1. The first-order valence-electron chi connectivity index (χ1n) is 9.02. The van der Waals surface area contributed by atoms with Crippen molar-refractivity contribution in [3.63, 3.8) is 0 Å². The fourth-order valence-electron chi connectivity index (χ4n) is 3.81. The summed E-state index contributed by atoms with van der Waals surface area (Å²) in [5.74, 6) is 0.162. The number of aromatic hydroxyl groups is 2. The lowest BCUT2D eigenvalue weighted by Crippen LogP contribution is -2.43. The van der Waals surface area contributed by atoms with Gasteiger partial charge in [0.1, 0.15) is 17.0 Å². The molecule has 4 rings (SSSR count). The Labute approximate surface area is 159 Å². The van der Waals surface area contributed by atoms with Gasteiger partial charge in [-0.05, 0) is 35.4 Å². The topological polar surface area (TPSA) is 60.8 Å². The zero-order chi connectivity index (χ0) is 19.6. The third-order valence-electron chi connectivity index (χ3n) is 4.93. The summed E-state index contributed by atoms with van der Waals surface area (Å²) < 4.78 is 0. The minimum atomic E-state index is -0.952. The number of rotatable bonds is 2. The molecule has 27 heavy (non-hydrogen) atoms. The summed E-state index contributed by atoms with van der Waals surface area (Å²) in [6.07, 6.45) is 0. The van der Waals surface area contributed by atoms with Gasteiger partial charge in [0.25, 0.3) is 5.91 Å². The smallest absolute Gasteiger partial charge is 0.255 e. The Morgan fingerprint density at radius 3 is 1.96 bits per heavy atom. The van der Waals surface area contributed by atoms with Crippen molar-refractivity contribution in [2.75, 3.05) is 7.05 Å². The van der Waals surface area contributed by atoms with Gasteiger partial charge in [0.05, 0.1) is 0 Å². The van der Waals surface area contributed by atoms with Crippen LogP contribution in [0.4, 0.5) is 0 Å². The van der Waals surface area contributed by atoms with Crippen LogP contribution in [0.2, 0.25) is 0 Å². The number of phenolic OH excluding ortho intramolecular Hbond substituents is 2. The SMILES string of the molecule is CC.CN1C(=O)c2ccccc2C1(c1ccc(O)cc1)c1ccccc1O. The largest absolute Gasteiger partial charge is 0.508 e. The molecule has 0 radical (unpaired) electrons. The van der Waals surface area contributed by atoms with Crippen LogP contribution < -0.4 is 0 Å². The van der Waals surface area contributed by atoms with Crippen LogP contribution in [-0.4, -0.2) is 28.1 Å². The molecule has 1 atom stereocenters. The van der Waals surface area contributed by atoms with Crippen molar-refractivity contribution in [2.24, 2.45) is 0 Å². The van der Waals surface area contributed by atoms with Gasteiger partial charge in [0.15, 0.2) is 0 Å². The second-order valence-corrected chi connectivity index (χ2v) is 6.18. The Bertz CT molecular complexity index is 965. The van der Waals surface area contributed by atoms with E-state index in [1.165, 1.54) is 0 Å². The first-order valence-corrected chi connectivity index (χ1v) is 9.02. The third kappa shape index (κ3) is 2.65. The Hall–Kier alpha value is -3.27. The number of fused-ring (bicyclic) bond motifs is 1. The van der Waals surface area contributed by atoms with Gasteiger partial charge in [-0.3, -0.25) is 4.79 Å². The van der Waals surface area contributed by atoms with Gasteiger partial charge in [-0.1, -0.05) is 62.4 Å². The number of hydrogen-bond donors (Lipinski definition) is 2. The molecular formula is C23H23NO3. The molecule has 4 nitrogen and oxygen atoms in total. The van der Waals surface area contributed by atoms with E-state index in [4.69, 9.17) is 0 Å². The number of amides is 1. The molecular weight excluding hydrogens is 338 g/mol. The molecule has 0 aromatic heterocycles. The number of hydrogen-bond acceptors (Lipinski definition) is 3. The van der Waals surface area contributed by atoms with Crippen molar-refractivity contribution in [2.45, 2.75) is 19.4 Å². The molecule has 0 spiro atoms. The van der Waals surface area contributed by atoms with Crippen LogP contribution in [0.5, 0.6) is 11.5 Å². The molecule has 0 saturated heterocycles. The molecule has 1 aliphatic heterocycles. The average molecular weight is 361 g/mol. The normalized spacial score (nSPS) is 17.9. The summed E-state index contributed by atoms with van der Waals surface area (Å²) in [5.41, 5.74) is 1.90. The van der Waals surface area contributed by atoms with Gasteiger partial charge in [-0.2, -0.15) is 0 Å². The van der Waals surface area contributed by atoms with Gasteiger partial charge < -0.3 is 15.1 Å². The summed E-state index contributed by atoms with van der Waals surface area (Å²) in [7, 11) is 1.74. The summed E-state index contributed by atoms with van der Waals surface area (Å²) in [6, 6.07) is 21.2. The van der Waals surface area contributed by atoms with E-state index in [9.17, 15) is 15.0 Å². The molecule has 0 bridgehead atoms. The third-order valence-corrected chi connectivity index (χ3v) is 4.93. The molecule has 1 amide bonds. The van der Waals surface area contributed by atoms with E-state index >= 15 is 0 Å². The van der Waals surface area contributed by atoms with Gasteiger partial charge in [0, 0.05) is 18.2 Å². The van der Waals surface area contributed by atoms with E-state index in [0.717, 1.165) is 11.1 Å². The second kappa shape index (κ2) is 7.16. The number of benzene rings is 3. The summed E-state index contributed by atoms with van der Waals surface area (Å²) in [5, 5.41) is 20.3. The lowest BCUT2D eigenvalue weighted by atomic mass is 9.76. The Morgan fingerprint density at radius 1 is 0.778 bits per heavy atom. The highest BCUT2D eigenvalue weighted by Gasteiger charge is 2.51. The minimum Gasteiger partial charge on any atom is -0.508 e. The van der Waals surface area contributed by atoms with Gasteiger partial charge >= 0.3 is 0 Å². The molecule has 3 aromatic rings. The van der Waals surface area contributed by atoms with E-state index in [0.29, 0.717) is 11.1 Å². The number of carbonyl (C=O) groups is 1. The molecule has 138 valence electrons. The zero-order valence-corrected chi connectivity index (χ0v) is 15.7. The van der Waals surface area contributed by atoms with Crippen LogP contribution in [0.15, 0.2) is 72.8 Å². The summed E-state index contributed by atoms with van der Waals surface area (Å²) >= 11 is 0. The standard InChI is InChI=1S/C21H17NO3.C2H6/c1-22-20(25)16-6-2-3-7-17(16)21(22,14-10-12-15(23)13-11-14)18-8-4-5-9-19(18)24;1-2/h2-13,23-24H,1H3;1-2H3. The van der Waals surface area contributed by atoms with Crippen LogP contribution in [0, 0.1) is 0 Å². The highest BCUT2D eigenvalue weighted by molar-refractivity contribution is 6.01. The molecule has 0 fully saturated rings. The number of nitrogens with zero attached hydrogens (tertiary/aromatic N) is 1. The maximum atomic E-state index is 12.9. The van der Waals surface area contributed by atoms with Crippen LogP contribution in [0.25, 0.3) is 0 Å². The maximum absolute atomic E-state index is 12.9. The van der Waals surface area contributed by atoms with Crippen molar-refractivity contribution < 1.29 is 15.0 Å². The zero-order valence-electron chi connectivity index (χ0n) is 15.7. The van der Waals surface area contributed by atoms with E-state index in [2.05, 4.69) is 0 Å². The molecule has 1 heterocycles. The van der Waals surface area contributed by atoms with Gasteiger partial charge in [-0.15, -0.1) is 0 Å². The lowest BCUT2D eigenvalue weighted by Gasteiger charge is -2.38. The van der Waals surface area contributed by atoms with E-state index in [1.807, 2.05) is 44.2 Å². The maximum Gasteiger partial charge on any atom is 0.255 e. The fourth-order valence-corrected chi connectivity index (χ4v) is 3.81. The quantitative estimate of drug-likeness (QED) is 0.706. The van der Waals surface area contributed by atoms with Crippen LogP contribution in [0.1, 0.15) is 40.9 Å². The molecule has 4 heteroatoms. The summed E-state index contributed by atoms with van der Waals surface area (Å²) in [4.78, 5) is 14.6. The molecule has 3 aromatic carbocycles. The molecule has 2 N–H and O–H groups in total. The highest BCUT2D eigenvalue weighted by atomic mass is 16.3. The van der Waals surface area contributed by atoms with E-state index in [-0.39, 0.29) is 17.4 Å². The summed E-state index contributed by atoms with van der Waals surface area (Å²) in [6.45, 7) is 4.00. The molecule has 1 unspecified atom stereocenters. The van der Waals surface area contributed by atoms with Crippen molar-refractivity contribution in [1.29, 1.82) is 0 Å². The first kappa shape index (κ1) is 18.5. The molecule has 0 saturated carbocycles. The van der Waals surface area contributed by atoms with E-state index in [1.54, 1.807) is 54.4 Å².